The second-order valence-corrected chi connectivity index (χ2v) is 15.1. The molecule has 52 heavy (non-hydrogen) atoms. The van der Waals surface area contributed by atoms with Crippen molar-refractivity contribution < 1.29 is 33.8 Å². The highest BCUT2D eigenvalue weighted by Gasteiger charge is 2.43. The molecule has 0 unspecified atom stereocenters. The van der Waals surface area contributed by atoms with E-state index in [0.717, 1.165) is 31.5 Å². The van der Waals surface area contributed by atoms with Crippen molar-refractivity contribution in [3.05, 3.63) is 35.9 Å². The van der Waals surface area contributed by atoms with E-state index in [4.69, 9.17) is 9.47 Å². The number of piperazine rings is 1. The molecular weight excluding hydrogens is 664 g/mol. The van der Waals surface area contributed by atoms with Gasteiger partial charge in [0.15, 0.2) is 0 Å². The second-order valence-electron chi connectivity index (χ2n) is 15.1. The van der Waals surface area contributed by atoms with Gasteiger partial charge in [-0.25, -0.2) is 4.79 Å². The molecule has 1 aromatic carbocycles. The van der Waals surface area contributed by atoms with Gasteiger partial charge >= 0.3 is 6.03 Å². The standard InChI is InChI=1S/C39H66N6O7/c1-10-27(4)35(43(7)38(49)34(26(2)3)41-39(50)44-21-19-42(6)20-22-44)32(51-8)24-33(47)45-18-14-17-31(45)36(52-9)28(5)37(48)40-30(25-46)23-29-15-12-11-13-16-29/h11-13,15-16,26-28,30-32,34-36,46H,10,14,17-25H2,1-9H3,(H,40,48)(H,41,50)/t27-,28+,30-,31-,32-,34-,35-,36+/m0/s1. The number of likely N-dealkylation sites (tertiary alicyclic amines) is 1. The maximum atomic E-state index is 14.2. The quantitative estimate of drug-likeness (QED) is 0.209. The molecule has 0 bridgehead atoms. The van der Waals surface area contributed by atoms with Crippen molar-refractivity contribution >= 4 is 23.8 Å². The first-order valence-electron chi connectivity index (χ1n) is 19.1. The minimum atomic E-state index is -0.742. The van der Waals surface area contributed by atoms with Crippen molar-refractivity contribution in [3.63, 3.8) is 0 Å². The summed E-state index contributed by atoms with van der Waals surface area (Å²) < 4.78 is 11.9. The molecule has 294 valence electrons. The molecule has 8 atom stereocenters. The molecule has 0 spiro atoms. The van der Waals surface area contributed by atoms with E-state index in [-0.39, 0.29) is 54.7 Å². The summed E-state index contributed by atoms with van der Waals surface area (Å²) in [6, 6.07) is 7.49. The number of aliphatic hydroxyl groups excluding tert-OH is 1. The van der Waals surface area contributed by atoms with Crippen molar-refractivity contribution in [1.82, 2.24) is 30.2 Å². The Morgan fingerprint density at radius 2 is 1.62 bits per heavy atom. The van der Waals surface area contributed by atoms with Gasteiger partial charge in [-0.3, -0.25) is 14.4 Å². The minimum absolute atomic E-state index is 0.00646. The fourth-order valence-electron chi connectivity index (χ4n) is 7.67. The topological polar surface area (TPSA) is 144 Å². The van der Waals surface area contributed by atoms with E-state index in [1.807, 2.05) is 58.2 Å². The summed E-state index contributed by atoms with van der Waals surface area (Å²) in [6.07, 6.45) is 1.57. The maximum Gasteiger partial charge on any atom is 0.318 e. The molecule has 13 heteroatoms. The number of methoxy groups -OCH3 is 2. The molecule has 3 rings (SSSR count). The molecule has 1 aromatic rings. The number of rotatable bonds is 18. The number of likely N-dealkylation sites (N-methyl/N-ethyl adjacent to an activating group) is 2. The normalized spacial score (nSPS) is 20.8. The van der Waals surface area contributed by atoms with Gasteiger partial charge in [-0.15, -0.1) is 0 Å². The Morgan fingerprint density at radius 3 is 2.17 bits per heavy atom. The van der Waals surface area contributed by atoms with Crippen LogP contribution in [0.15, 0.2) is 30.3 Å². The Kier molecular flexibility index (Phi) is 17.3. The largest absolute Gasteiger partial charge is 0.394 e. The molecular formula is C39H66N6O7. The number of carbonyl (C=O) groups excluding carboxylic acids is 4. The number of nitrogens with one attached hydrogen (secondary N) is 2. The average Bonchev–Trinajstić information content (AvgIpc) is 3.63. The van der Waals surface area contributed by atoms with Crippen molar-refractivity contribution in [3.8, 4) is 0 Å². The average molecular weight is 731 g/mol. The Hall–Kier alpha value is -3.26. The first-order chi connectivity index (χ1) is 24.8. The Bertz CT molecular complexity index is 1280. The summed E-state index contributed by atoms with van der Waals surface area (Å²) in [5.41, 5.74) is 1.01. The highest BCUT2D eigenvalue weighted by atomic mass is 16.5. The first-order valence-corrected chi connectivity index (χ1v) is 19.1. The molecule has 2 aliphatic rings. The summed E-state index contributed by atoms with van der Waals surface area (Å²) in [4.78, 5) is 62.4. The van der Waals surface area contributed by atoms with Gasteiger partial charge in [-0.05, 0) is 43.7 Å². The van der Waals surface area contributed by atoms with E-state index < -0.39 is 36.3 Å². The number of aliphatic hydroxyl groups is 1. The number of nitrogens with zero attached hydrogens (tertiary/aromatic N) is 4. The zero-order valence-corrected chi connectivity index (χ0v) is 33.0. The molecule has 5 amide bonds. The molecule has 0 aliphatic carbocycles. The summed E-state index contributed by atoms with van der Waals surface area (Å²) >= 11 is 0. The molecule has 2 fully saturated rings. The van der Waals surface area contributed by atoms with Gasteiger partial charge in [-0.2, -0.15) is 0 Å². The van der Waals surface area contributed by atoms with Crippen LogP contribution in [0.1, 0.15) is 65.9 Å². The van der Waals surface area contributed by atoms with Gasteiger partial charge in [0.25, 0.3) is 0 Å². The SMILES string of the molecule is CC[C@H](C)[C@@H]([C@H](CC(=O)N1CCC[C@H]1[C@H](OC)[C@@H](C)C(=O)N[C@H](CO)Cc1ccccc1)OC)N(C)C(=O)[C@@H](NC(=O)N1CCN(C)CC1)C(C)C. The number of hydrogen-bond acceptors (Lipinski definition) is 8. The molecule has 2 aliphatic heterocycles. The van der Waals surface area contributed by atoms with Gasteiger partial charge in [0.2, 0.25) is 17.7 Å². The van der Waals surface area contributed by atoms with Crippen molar-refractivity contribution in [2.45, 2.75) is 103 Å². The van der Waals surface area contributed by atoms with Crippen LogP contribution in [0.25, 0.3) is 0 Å². The molecule has 0 radical (unpaired) electrons. The number of ether oxygens (including phenoxy) is 2. The Morgan fingerprint density at radius 1 is 0.962 bits per heavy atom. The molecule has 0 saturated carbocycles. The lowest BCUT2D eigenvalue weighted by Gasteiger charge is -2.41. The third-order valence-corrected chi connectivity index (χ3v) is 11.2. The number of benzene rings is 1. The lowest BCUT2D eigenvalue weighted by Crippen LogP contribution is -2.60. The first kappa shape index (κ1) is 43.1. The highest BCUT2D eigenvalue weighted by Crippen LogP contribution is 2.29. The van der Waals surface area contributed by atoms with Crippen LogP contribution >= 0.6 is 0 Å². The van der Waals surface area contributed by atoms with Crippen LogP contribution in [0.4, 0.5) is 4.79 Å². The molecule has 0 aromatic heterocycles. The number of hydrogen-bond donors (Lipinski definition) is 3. The number of amides is 5. The lowest BCUT2D eigenvalue weighted by atomic mass is 9.89. The predicted molar refractivity (Wildman–Crippen MR) is 202 cm³/mol. The van der Waals surface area contributed by atoms with Crippen LogP contribution in [0.3, 0.4) is 0 Å². The van der Waals surface area contributed by atoms with E-state index in [1.54, 1.807) is 42.9 Å². The maximum absolute atomic E-state index is 14.2. The van der Waals surface area contributed by atoms with Crippen molar-refractivity contribution in [2.75, 3.05) is 67.6 Å². The van der Waals surface area contributed by atoms with Gasteiger partial charge in [0.05, 0.1) is 49.3 Å². The summed E-state index contributed by atoms with van der Waals surface area (Å²) in [7, 11) is 6.90. The van der Waals surface area contributed by atoms with Crippen LogP contribution in [0, 0.1) is 17.8 Å². The van der Waals surface area contributed by atoms with E-state index in [2.05, 4.69) is 22.5 Å². The number of carbonyl (C=O) groups is 4. The number of urea groups is 1. The summed E-state index contributed by atoms with van der Waals surface area (Å²) in [6.45, 7) is 12.8. The summed E-state index contributed by atoms with van der Waals surface area (Å²) in [5, 5.41) is 16.0. The Balaban J connectivity index is 1.73. The predicted octanol–water partition coefficient (Wildman–Crippen LogP) is 2.61. The van der Waals surface area contributed by atoms with Gasteiger partial charge in [0, 0.05) is 54.0 Å². The van der Waals surface area contributed by atoms with Crippen molar-refractivity contribution in [2.24, 2.45) is 17.8 Å². The molecule has 13 nitrogen and oxygen atoms in total. The lowest BCUT2D eigenvalue weighted by molar-refractivity contribution is -0.147. The molecule has 3 N–H and O–H groups in total. The zero-order chi connectivity index (χ0) is 38.5. The molecule has 2 heterocycles. The third-order valence-electron chi connectivity index (χ3n) is 11.2. The van der Waals surface area contributed by atoms with Crippen LogP contribution in [0.5, 0.6) is 0 Å². The van der Waals surface area contributed by atoms with Crippen molar-refractivity contribution in [1.29, 1.82) is 0 Å². The highest BCUT2D eigenvalue weighted by molar-refractivity contribution is 5.87. The Labute approximate surface area is 311 Å². The van der Waals surface area contributed by atoms with Crippen LogP contribution < -0.4 is 10.6 Å². The van der Waals surface area contributed by atoms with E-state index in [9.17, 15) is 24.3 Å². The van der Waals surface area contributed by atoms with Gasteiger partial charge in [-0.1, -0.05) is 71.4 Å². The monoisotopic (exact) mass is 730 g/mol. The fraction of sp³-hybridized carbons (Fsp3) is 0.744. The van der Waals surface area contributed by atoms with Crippen LogP contribution in [-0.2, 0) is 30.3 Å². The van der Waals surface area contributed by atoms with E-state index >= 15 is 0 Å². The van der Waals surface area contributed by atoms with E-state index in [1.165, 1.54) is 0 Å². The second kappa shape index (κ2) is 20.8. The summed E-state index contributed by atoms with van der Waals surface area (Å²) in [5.74, 6) is -1.34. The third kappa shape index (κ3) is 11.4. The van der Waals surface area contributed by atoms with Gasteiger partial charge < -0.3 is 44.8 Å². The smallest absolute Gasteiger partial charge is 0.318 e. The minimum Gasteiger partial charge on any atom is -0.394 e. The zero-order valence-electron chi connectivity index (χ0n) is 33.0. The van der Waals surface area contributed by atoms with Crippen LogP contribution in [-0.4, -0.2) is 152 Å². The molecule has 2 saturated heterocycles. The van der Waals surface area contributed by atoms with Gasteiger partial charge in [0.1, 0.15) is 6.04 Å². The van der Waals surface area contributed by atoms with Crippen LogP contribution in [0.2, 0.25) is 0 Å². The van der Waals surface area contributed by atoms with E-state index in [0.29, 0.717) is 32.5 Å². The fourth-order valence-corrected chi connectivity index (χ4v) is 7.67.